The highest BCUT2D eigenvalue weighted by molar-refractivity contribution is 6.10. The molecule has 0 radical (unpaired) electrons. The highest BCUT2D eigenvalue weighted by Crippen LogP contribution is 2.44. The molecule has 0 bridgehead atoms. The quantitative estimate of drug-likeness (QED) is 0.649. The Morgan fingerprint density at radius 1 is 1.39 bits per heavy atom. The second kappa shape index (κ2) is 3.81. The molecule has 88 valence electrons. The minimum Gasteiger partial charge on any atom is -0.398 e. The maximum Gasteiger partial charge on any atom is 0.0914 e. The first-order chi connectivity index (χ1) is 8.76. The summed E-state index contributed by atoms with van der Waals surface area (Å²) in [5, 5.41) is 8.79. The lowest BCUT2D eigenvalue weighted by Gasteiger charge is -2.33. The van der Waals surface area contributed by atoms with Gasteiger partial charge in [-0.2, -0.15) is 5.26 Å². The molecule has 0 fully saturated rings. The highest BCUT2D eigenvalue weighted by atomic mass is 14.9. The summed E-state index contributed by atoms with van der Waals surface area (Å²) < 4.78 is 0. The fourth-order valence-corrected chi connectivity index (χ4v) is 2.70. The molecule has 0 aromatic heterocycles. The van der Waals surface area contributed by atoms with Crippen LogP contribution in [0.2, 0.25) is 0 Å². The summed E-state index contributed by atoms with van der Waals surface area (Å²) in [5.41, 5.74) is 9.48. The average Bonchev–Trinajstić information content (AvgIpc) is 2.71. The summed E-state index contributed by atoms with van der Waals surface area (Å²) in [6, 6.07) is 2.08. The van der Waals surface area contributed by atoms with E-state index in [1.165, 1.54) is 0 Å². The Morgan fingerprint density at radius 2 is 2.28 bits per heavy atom. The molecule has 4 heteroatoms. The van der Waals surface area contributed by atoms with E-state index in [0.717, 1.165) is 23.3 Å². The number of hydrogen-bond acceptors (Lipinski definition) is 4. The number of nitriles is 1. The molecule has 0 aromatic rings. The number of rotatable bonds is 0. The van der Waals surface area contributed by atoms with Crippen molar-refractivity contribution < 1.29 is 0 Å². The van der Waals surface area contributed by atoms with Crippen molar-refractivity contribution in [1.29, 1.82) is 5.26 Å². The van der Waals surface area contributed by atoms with Gasteiger partial charge in [0.15, 0.2) is 0 Å². The van der Waals surface area contributed by atoms with E-state index < -0.39 is 0 Å². The van der Waals surface area contributed by atoms with E-state index in [-0.39, 0.29) is 5.41 Å². The highest BCUT2D eigenvalue weighted by Gasteiger charge is 2.44. The van der Waals surface area contributed by atoms with Gasteiger partial charge in [0.25, 0.3) is 0 Å². The minimum absolute atomic E-state index is 0.273. The minimum atomic E-state index is -0.273. The van der Waals surface area contributed by atoms with Crippen molar-refractivity contribution in [1.82, 2.24) is 0 Å². The zero-order chi connectivity index (χ0) is 12.6. The van der Waals surface area contributed by atoms with E-state index in [1.54, 1.807) is 18.4 Å². The first-order valence-electron chi connectivity index (χ1n) is 5.78. The van der Waals surface area contributed by atoms with Crippen LogP contribution in [0.15, 0.2) is 57.3 Å². The van der Waals surface area contributed by atoms with Gasteiger partial charge in [-0.05, 0) is 24.1 Å². The topological polar surface area (TPSA) is 74.5 Å². The second-order valence-corrected chi connectivity index (χ2v) is 4.61. The Kier molecular flexibility index (Phi) is 2.27. The third-order valence-corrected chi connectivity index (χ3v) is 3.58. The molecule has 18 heavy (non-hydrogen) atoms. The fraction of sp³-hybridized carbons (Fsp3) is 0.214. The second-order valence-electron chi connectivity index (χ2n) is 4.61. The molecule has 1 spiro atoms. The Balaban J connectivity index is 2.18. The van der Waals surface area contributed by atoms with Gasteiger partial charge in [0.2, 0.25) is 0 Å². The van der Waals surface area contributed by atoms with Gasteiger partial charge < -0.3 is 5.73 Å². The van der Waals surface area contributed by atoms with Gasteiger partial charge in [0.05, 0.1) is 23.7 Å². The maximum atomic E-state index is 8.79. The Hall–Kier alpha value is -2.41. The van der Waals surface area contributed by atoms with E-state index in [1.807, 2.05) is 18.4 Å². The molecule has 2 N–H and O–H groups in total. The van der Waals surface area contributed by atoms with Gasteiger partial charge >= 0.3 is 0 Å². The molecule has 2 aliphatic heterocycles. The zero-order valence-electron chi connectivity index (χ0n) is 9.80. The average molecular weight is 236 g/mol. The monoisotopic (exact) mass is 236 g/mol. The van der Waals surface area contributed by atoms with Crippen molar-refractivity contribution in [2.45, 2.75) is 6.42 Å². The molecule has 4 nitrogen and oxygen atoms in total. The first kappa shape index (κ1) is 10.7. The van der Waals surface area contributed by atoms with E-state index in [9.17, 15) is 0 Å². The van der Waals surface area contributed by atoms with Gasteiger partial charge in [-0.15, -0.1) is 0 Å². The molecule has 0 amide bonds. The van der Waals surface area contributed by atoms with Gasteiger partial charge in [-0.1, -0.05) is 6.08 Å². The number of allylic oxidation sites excluding steroid dienone is 5. The molecular formula is C14H12N4. The summed E-state index contributed by atoms with van der Waals surface area (Å²) in [7, 11) is 0. The maximum absolute atomic E-state index is 8.79. The normalized spacial score (nSPS) is 30.8. The molecule has 2 heterocycles. The van der Waals surface area contributed by atoms with E-state index >= 15 is 0 Å². The molecular weight excluding hydrogens is 224 g/mol. The van der Waals surface area contributed by atoms with Crippen LogP contribution in [0.3, 0.4) is 0 Å². The fourth-order valence-electron chi connectivity index (χ4n) is 2.70. The van der Waals surface area contributed by atoms with E-state index in [2.05, 4.69) is 16.1 Å². The van der Waals surface area contributed by atoms with Crippen molar-refractivity contribution in [3.05, 3.63) is 47.3 Å². The molecule has 0 saturated heterocycles. The number of nitrogens with two attached hydrogens (primary N) is 1. The first-order valence-corrected chi connectivity index (χ1v) is 5.78. The van der Waals surface area contributed by atoms with Gasteiger partial charge in [-0.25, -0.2) is 0 Å². The lowest BCUT2D eigenvalue weighted by Crippen LogP contribution is -2.36. The molecule has 0 aromatic carbocycles. The van der Waals surface area contributed by atoms with Crippen molar-refractivity contribution >= 4 is 11.9 Å². The lowest BCUT2D eigenvalue weighted by atomic mass is 9.69. The van der Waals surface area contributed by atoms with Crippen LogP contribution in [-0.2, 0) is 0 Å². The Bertz CT molecular complexity index is 623. The van der Waals surface area contributed by atoms with Crippen LogP contribution in [0, 0.1) is 16.7 Å². The molecule has 3 rings (SSSR count). The molecule has 0 saturated carbocycles. The van der Waals surface area contributed by atoms with Crippen LogP contribution in [0.1, 0.15) is 6.42 Å². The third kappa shape index (κ3) is 1.37. The summed E-state index contributed by atoms with van der Waals surface area (Å²) in [6.07, 6.45) is 11.6. The van der Waals surface area contributed by atoms with Crippen molar-refractivity contribution in [2.75, 3.05) is 6.54 Å². The smallest absolute Gasteiger partial charge is 0.0914 e. The summed E-state index contributed by atoms with van der Waals surface area (Å²) in [5.74, 6) is 0. The van der Waals surface area contributed by atoms with Crippen LogP contribution in [0.25, 0.3) is 0 Å². The van der Waals surface area contributed by atoms with Crippen LogP contribution < -0.4 is 5.73 Å². The zero-order valence-corrected chi connectivity index (χ0v) is 9.80. The van der Waals surface area contributed by atoms with E-state index in [0.29, 0.717) is 12.2 Å². The molecule has 3 aliphatic rings. The van der Waals surface area contributed by atoms with Gasteiger partial charge in [-0.3, -0.25) is 9.98 Å². The van der Waals surface area contributed by atoms with Crippen LogP contribution in [-0.4, -0.2) is 18.5 Å². The molecule has 1 unspecified atom stereocenters. The van der Waals surface area contributed by atoms with Crippen molar-refractivity contribution in [3.63, 3.8) is 0 Å². The summed E-state index contributed by atoms with van der Waals surface area (Å²) in [4.78, 5) is 8.83. The predicted molar refractivity (Wildman–Crippen MR) is 71.0 cm³/mol. The molecule has 1 aliphatic carbocycles. The SMILES string of the molecule is N#CC=C1C=CC2=NC=CC(N)=C3C=NCC23C1. The van der Waals surface area contributed by atoms with Crippen molar-refractivity contribution in [2.24, 2.45) is 21.1 Å². The number of nitrogens with zero attached hydrogens (tertiary/aromatic N) is 3. The molecule has 1 atom stereocenters. The summed E-state index contributed by atoms with van der Waals surface area (Å²) in [6.45, 7) is 0.649. The van der Waals surface area contributed by atoms with Crippen LogP contribution in [0.4, 0.5) is 0 Å². The number of aliphatic imine (C=N–C) groups is 2. The van der Waals surface area contributed by atoms with Crippen LogP contribution in [0.5, 0.6) is 0 Å². The van der Waals surface area contributed by atoms with Crippen LogP contribution >= 0.6 is 0 Å². The summed E-state index contributed by atoms with van der Waals surface area (Å²) >= 11 is 0. The largest absolute Gasteiger partial charge is 0.398 e. The standard InChI is InChI=1S/C14H12N4/c15-5-3-10-1-2-13-14(7-10)9-17-8-11(14)12(16)4-6-18-13/h1-4,6,8H,7,9,16H2. The number of hydrogen-bond donors (Lipinski definition) is 1. The van der Waals surface area contributed by atoms with Gasteiger partial charge in [0, 0.05) is 29.8 Å². The predicted octanol–water partition coefficient (Wildman–Crippen LogP) is 1.65. The Morgan fingerprint density at radius 3 is 3.11 bits per heavy atom. The van der Waals surface area contributed by atoms with E-state index in [4.69, 9.17) is 11.0 Å². The Labute approximate surface area is 105 Å². The van der Waals surface area contributed by atoms with Gasteiger partial charge in [0.1, 0.15) is 0 Å². The lowest BCUT2D eigenvalue weighted by molar-refractivity contribution is 0.545. The third-order valence-electron chi connectivity index (χ3n) is 3.58. The van der Waals surface area contributed by atoms with Crippen molar-refractivity contribution in [3.8, 4) is 6.07 Å².